The molecule has 1 heterocycles. The van der Waals surface area contributed by atoms with Crippen molar-refractivity contribution in [2.45, 2.75) is 12.5 Å². The summed E-state index contributed by atoms with van der Waals surface area (Å²) < 4.78 is 18.4. The molecule has 6 nitrogen and oxygen atoms in total. The molecule has 0 aliphatic carbocycles. The third-order valence-electron chi connectivity index (χ3n) is 3.26. The maximum Gasteiger partial charge on any atom is 0.318 e. The molecule has 0 radical (unpaired) electrons. The second-order valence-corrected chi connectivity index (χ2v) is 4.71. The van der Waals surface area contributed by atoms with Gasteiger partial charge in [0.05, 0.1) is 25.7 Å². The van der Waals surface area contributed by atoms with E-state index in [1.165, 1.54) is 12.1 Å². The normalized spacial score (nSPS) is 18.3. The van der Waals surface area contributed by atoms with Crippen LogP contribution in [0.3, 0.4) is 0 Å². The van der Waals surface area contributed by atoms with Crippen molar-refractivity contribution in [1.82, 2.24) is 10.2 Å². The molecule has 0 saturated carbocycles. The fourth-order valence-corrected chi connectivity index (χ4v) is 2.19. The molecule has 2 rings (SSSR count). The molecular formula is C14H17FN2O4. The van der Waals surface area contributed by atoms with Gasteiger partial charge in [-0.3, -0.25) is 4.79 Å². The van der Waals surface area contributed by atoms with Crippen LogP contribution >= 0.6 is 0 Å². The highest BCUT2D eigenvalue weighted by molar-refractivity contribution is 5.76. The van der Waals surface area contributed by atoms with Crippen LogP contribution in [-0.4, -0.2) is 48.3 Å². The van der Waals surface area contributed by atoms with E-state index in [9.17, 15) is 14.0 Å². The van der Waals surface area contributed by atoms with E-state index in [2.05, 4.69) is 5.32 Å². The summed E-state index contributed by atoms with van der Waals surface area (Å²) in [7, 11) is 0. The van der Waals surface area contributed by atoms with Crippen LogP contribution in [0.2, 0.25) is 0 Å². The number of morpholine rings is 1. The van der Waals surface area contributed by atoms with Crippen LogP contribution in [-0.2, 0) is 9.53 Å². The Morgan fingerprint density at radius 3 is 2.76 bits per heavy atom. The number of halogens is 1. The minimum Gasteiger partial charge on any atom is -0.481 e. The van der Waals surface area contributed by atoms with E-state index in [1.807, 2.05) is 0 Å². The van der Waals surface area contributed by atoms with E-state index >= 15 is 0 Å². The van der Waals surface area contributed by atoms with Gasteiger partial charge in [-0.25, -0.2) is 9.18 Å². The van der Waals surface area contributed by atoms with Crippen molar-refractivity contribution in [2.75, 3.05) is 26.3 Å². The first kappa shape index (κ1) is 15.2. The zero-order valence-electron chi connectivity index (χ0n) is 11.4. The number of nitrogens with zero attached hydrogens (tertiary/aromatic N) is 1. The van der Waals surface area contributed by atoms with E-state index in [0.717, 1.165) is 5.56 Å². The van der Waals surface area contributed by atoms with Gasteiger partial charge in [-0.15, -0.1) is 0 Å². The van der Waals surface area contributed by atoms with Gasteiger partial charge in [0.25, 0.3) is 0 Å². The Balaban J connectivity index is 2.02. The third-order valence-corrected chi connectivity index (χ3v) is 3.26. The maximum absolute atomic E-state index is 13.0. The lowest BCUT2D eigenvalue weighted by Crippen LogP contribution is -2.48. The minimum atomic E-state index is -0.965. The number of urea groups is 1. The molecule has 0 spiro atoms. The molecule has 1 aromatic rings. The lowest BCUT2D eigenvalue weighted by atomic mass is 10.1. The van der Waals surface area contributed by atoms with Crippen LogP contribution in [0.15, 0.2) is 24.3 Å². The van der Waals surface area contributed by atoms with Crippen LogP contribution in [0.1, 0.15) is 18.0 Å². The third kappa shape index (κ3) is 4.16. The standard InChI is InChI=1S/C14H17FN2O4/c15-11-3-1-10(2-4-11)12-9-21-8-7-17(12)14(20)16-6-5-13(18)19/h1-4,12H,5-9H2,(H,16,20)(H,18,19). The SMILES string of the molecule is O=C(O)CCNC(=O)N1CCOCC1c1ccc(F)cc1. The van der Waals surface area contributed by atoms with Gasteiger partial charge in [-0.2, -0.15) is 0 Å². The first-order chi connectivity index (χ1) is 10.1. The quantitative estimate of drug-likeness (QED) is 0.880. The first-order valence-corrected chi connectivity index (χ1v) is 6.67. The lowest BCUT2D eigenvalue weighted by Gasteiger charge is -2.35. The van der Waals surface area contributed by atoms with Crippen molar-refractivity contribution in [3.8, 4) is 0 Å². The summed E-state index contributed by atoms with van der Waals surface area (Å²) >= 11 is 0. The lowest BCUT2D eigenvalue weighted by molar-refractivity contribution is -0.136. The Morgan fingerprint density at radius 2 is 2.10 bits per heavy atom. The van der Waals surface area contributed by atoms with Crippen LogP contribution in [0.4, 0.5) is 9.18 Å². The Hall–Kier alpha value is -2.15. The van der Waals surface area contributed by atoms with Crippen molar-refractivity contribution in [2.24, 2.45) is 0 Å². The number of carbonyl (C=O) groups excluding carboxylic acids is 1. The second kappa shape index (κ2) is 7.03. The summed E-state index contributed by atoms with van der Waals surface area (Å²) in [5.41, 5.74) is 0.782. The number of amides is 2. The fraction of sp³-hybridized carbons (Fsp3) is 0.429. The topological polar surface area (TPSA) is 78.9 Å². The maximum atomic E-state index is 13.0. The molecule has 1 fully saturated rings. The molecule has 21 heavy (non-hydrogen) atoms. The van der Waals surface area contributed by atoms with Crippen molar-refractivity contribution in [3.05, 3.63) is 35.6 Å². The Kier molecular flexibility index (Phi) is 5.10. The number of hydrogen-bond donors (Lipinski definition) is 2. The van der Waals surface area contributed by atoms with Crippen LogP contribution in [0, 0.1) is 5.82 Å². The molecular weight excluding hydrogens is 279 g/mol. The molecule has 1 atom stereocenters. The molecule has 1 saturated heterocycles. The van der Waals surface area contributed by atoms with Crippen molar-refractivity contribution in [3.63, 3.8) is 0 Å². The number of carboxylic acids is 1. The number of hydrogen-bond acceptors (Lipinski definition) is 3. The predicted octanol–water partition coefficient (Wildman–Crippen LogP) is 1.38. The molecule has 1 aliphatic rings. The average Bonchev–Trinajstić information content (AvgIpc) is 2.47. The number of nitrogens with one attached hydrogen (secondary N) is 1. The smallest absolute Gasteiger partial charge is 0.318 e. The van der Waals surface area contributed by atoms with Crippen molar-refractivity contribution < 1.29 is 23.8 Å². The van der Waals surface area contributed by atoms with Gasteiger partial charge in [0.1, 0.15) is 5.82 Å². The molecule has 7 heteroatoms. The number of carboxylic acid groups (broad SMARTS) is 1. The highest BCUT2D eigenvalue weighted by Crippen LogP contribution is 2.24. The Morgan fingerprint density at radius 1 is 1.38 bits per heavy atom. The first-order valence-electron chi connectivity index (χ1n) is 6.67. The number of carbonyl (C=O) groups is 2. The van der Waals surface area contributed by atoms with E-state index < -0.39 is 5.97 Å². The Bertz CT molecular complexity index is 506. The molecule has 0 bridgehead atoms. The number of aliphatic carboxylic acids is 1. The van der Waals surface area contributed by atoms with Crippen LogP contribution in [0.5, 0.6) is 0 Å². The van der Waals surface area contributed by atoms with Gasteiger partial charge >= 0.3 is 12.0 Å². The molecule has 1 unspecified atom stereocenters. The monoisotopic (exact) mass is 296 g/mol. The predicted molar refractivity (Wildman–Crippen MR) is 72.3 cm³/mol. The number of benzene rings is 1. The molecule has 2 N–H and O–H groups in total. The van der Waals surface area contributed by atoms with Gasteiger partial charge in [0, 0.05) is 13.1 Å². The molecule has 0 aromatic heterocycles. The molecule has 2 amide bonds. The summed E-state index contributed by atoms with van der Waals surface area (Å²) in [6.07, 6.45) is -0.128. The highest BCUT2D eigenvalue weighted by atomic mass is 19.1. The summed E-state index contributed by atoms with van der Waals surface area (Å²) in [5, 5.41) is 11.1. The Labute approximate surface area is 121 Å². The van der Waals surface area contributed by atoms with Crippen molar-refractivity contribution in [1.29, 1.82) is 0 Å². The van der Waals surface area contributed by atoms with Gasteiger partial charge in [0.2, 0.25) is 0 Å². The van der Waals surface area contributed by atoms with Gasteiger partial charge in [0.15, 0.2) is 0 Å². The summed E-state index contributed by atoms with van der Waals surface area (Å²) in [6.45, 7) is 1.23. The minimum absolute atomic E-state index is 0.0711. The van der Waals surface area contributed by atoms with Crippen LogP contribution < -0.4 is 5.32 Å². The zero-order valence-corrected chi connectivity index (χ0v) is 11.4. The zero-order chi connectivity index (χ0) is 15.2. The van der Waals surface area contributed by atoms with Gasteiger partial charge in [-0.05, 0) is 17.7 Å². The molecule has 1 aromatic carbocycles. The summed E-state index contributed by atoms with van der Waals surface area (Å²) in [6, 6.07) is 5.27. The second-order valence-electron chi connectivity index (χ2n) is 4.71. The van der Waals surface area contributed by atoms with E-state index in [0.29, 0.717) is 19.8 Å². The highest BCUT2D eigenvalue weighted by Gasteiger charge is 2.28. The van der Waals surface area contributed by atoms with E-state index in [1.54, 1.807) is 17.0 Å². The summed E-state index contributed by atoms with van der Waals surface area (Å²) in [4.78, 5) is 24.2. The average molecular weight is 296 g/mol. The molecule has 114 valence electrons. The molecule has 1 aliphatic heterocycles. The largest absolute Gasteiger partial charge is 0.481 e. The number of ether oxygens (including phenoxy) is 1. The van der Waals surface area contributed by atoms with E-state index in [4.69, 9.17) is 9.84 Å². The number of rotatable bonds is 4. The van der Waals surface area contributed by atoms with Crippen LogP contribution in [0.25, 0.3) is 0 Å². The summed E-state index contributed by atoms with van der Waals surface area (Å²) in [5.74, 6) is -1.31. The van der Waals surface area contributed by atoms with E-state index in [-0.39, 0.29) is 30.9 Å². The van der Waals surface area contributed by atoms with Gasteiger partial charge in [-0.1, -0.05) is 12.1 Å². The van der Waals surface area contributed by atoms with Crippen molar-refractivity contribution >= 4 is 12.0 Å². The van der Waals surface area contributed by atoms with Gasteiger partial charge < -0.3 is 20.1 Å². The fourth-order valence-electron chi connectivity index (χ4n) is 2.19.